The van der Waals surface area contributed by atoms with Crippen LogP contribution in [0.1, 0.15) is 25.0 Å². The summed E-state index contributed by atoms with van der Waals surface area (Å²) in [6, 6.07) is 7.94. The maximum absolute atomic E-state index is 13.2. The lowest BCUT2D eigenvalue weighted by Crippen LogP contribution is -2.24. The van der Waals surface area contributed by atoms with Crippen LogP contribution >= 0.6 is 27.5 Å². The minimum Gasteiger partial charge on any atom is -0.490 e. The summed E-state index contributed by atoms with van der Waals surface area (Å²) in [6.45, 7) is 5.40. The van der Waals surface area contributed by atoms with Gasteiger partial charge in [0.05, 0.1) is 17.7 Å². The van der Waals surface area contributed by atoms with Crippen molar-refractivity contribution in [1.29, 1.82) is 0 Å². The van der Waals surface area contributed by atoms with Gasteiger partial charge in [-0.05, 0) is 43.7 Å². The normalized spacial score (nSPS) is 12.1. The Kier molecular flexibility index (Phi) is 8.15. The quantitative estimate of drug-likeness (QED) is 0.587. The van der Waals surface area contributed by atoms with Crippen LogP contribution in [0.15, 0.2) is 34.8 Å². The molecule has 0 aliphatic rings. The average Bonchev–Trinajstić information content (AvgIpc) is 2.57. The molecule has 0 spiro atoms. The van der Waals surface area contributed by atoms with Crippen molar-refractivity contribution < 1.29 is 19.0 Å². The van der Waals surface area contributed by atoms with Gasteiger partial charge >= 0.3 is 0 Å². The van der Waals surface area contributed by atoms with Gasteiger partial charge < -0.3 is 19.9 Å². The standard InChI is InChI=1S/C19H22BrClFNO3/c1-3-25-18-6-14(10-23-9-12(2)24)16(20)8-19(18)26-11-13-4-5-15(22)7-17(13)21/h4-8,12,23-24H,3,9-11H2,1-2H3. The summed E-state index contributed by atoms with van der Waals surface area (Å²) in [4.78, 5) is 0. The van der Waals surface area contributed by atoms with Crippen molar-refractivity contribution in [3.05, 3.63) is 56.8 Å². The Morgan fingerprint density at radius 1 is 1.19 bits per heavy atom. The fourth-order valence-electron chi connectivity index (χ4n) is 2.30. The molecular formula is C19H22BrClFNO3. The molecule has 142 valence electrons. The van der Waals surface area contributed by atoms with Gasteiger partial charge in [0.15, 0.2) is 11.5 Å². The Balaban J connectivity index is 2.14. The lowest BCUT2D eigenvalue weighted by atomic mass is 10.2. The third kappa shape index (κ3) is 6.13. The summed E-state index contributed by atoms with van der Waals surface area (Å²) < 4.78 is 25.5. The van der Waals surface area contributed by atoms with Crippen molar-refractivity contribution in [3.63, 3.8) is 0 Å². The predicted octanol–water partition coefficient (Wildman–Crippen LogP) is 4.69. The van der Waals surface area contributed by atoms with Crippen LogP contribution in [0.5, 0.6) is 11.5 Å². The topological polar surface area (TPSA) is 50.7 Å². The van der Waals surface area contributed by atoms with E-state index >= 15 is 0 Å². The first kappa shape index (κ1) is 21.0. The molecule has 0 saturated heterocycles. The Labute approximate surface area is 166 Å². The summed E-state index contributed by atoms with van der Waals surface area (Å²) >= 11 is 9.58. The number of aliphatic hydroxyl groups is 1. The number of halogens is 3. The van der Waals surface area contributed by atoms with Crippen molar-refractivity contribution >= 4 is 27.5 Å². The first-order valence-electron chi connectivity index (χ1n) is 8.31. The molecule has 1 atom stereocenters. The summed E-state index contributed by atoms with van der Waals surface area (Å²) in [6.07, 6.45) is -0.414. The van der Waals surface area contributed by atoms with E-state index < -0.39 is 6.10 Å². The van der Waals surface area contributed by atoms with Gasteiger partial charge in [0.2, 0.25) is 0 Å². The van der Waals surface area contributed by atoms with Crippen LogP contribution in [0.25, 0.3) is 0 Å². The van der Waals surface area contributed by atoms with Crippen LogP contribution in [-0.4, -0.2) is 24.4 Å². The van der Waals surface area contributed by atoms with E-state index in [0.29, 0.717) is 41.8 Å². The Hall–Kier alpha value is -1.34. The molecule has 4 nitrogen and oxygen atoms in total. The Bertz CT molecular complexity index is 743. The molecule has 0 aliphatic carbocycles. The van der Waals surface area contributed by atoms with Crippen LogP contribution in [0.4, 0.5) is 4.39 Å². The first-order valence-corrected chi connectivity index (χ1v) is 9.48. The summed E-state index contributed by atoms with van der Waals surface area (Å²) in [5.74, 6) is 0.798. The van der Waals surface area contributed by atoms with E-state index in [4.69, 9.17) is 21.1 Å². The van der Waals surface area contributed by atoms with E-state index in [9.17, 15) is 9.50 Å². The van der Waals surface area contributed by atoms with E-state index in [-0.39, 0.29) is 12.4 Å². The number of aliphatic hydroxyl groups excluding tert-OH is 1. The fourth-order valence-corrected chi connectivity index (χ4v) is 2.99. The van der Waals surface area contributed by atoms with Crippen LogP contribution in [-0.2, 0) is 13.2 Å². The number of ether oxygens (including phenoxy) is 2. The maximum atomic E-state index is 13.2. The van der Waals surface area contributed by atoms with Crippen LogP contribution in [0, 0.1) is 5.82 Å². The molecule has 0 saturated carbocycles. The van der Waals surface area contributed by atoms with Crippen molar-refractivity contribution in [2.75, 3.05) is 13.2 Å². The molecule has 0 aromatic heterocycles. The number of hydrogen-bond donors (Lipinski definition) is 2. The zero-order chi connectivity index (χ0) is 19.1. The summed E-state index contributed by atoms with van der Waals surface area (Å²) in [5, 5.41) is 12.8. The molecule has 0 amide bonds. The highest BCUT2D eigenvalue weighted by molar-refractivity contribution is 9.10. The third-order valence-electron chi connectivity index (χ3n) is 3.57. The third-order valence-corrected chi connectivity index (χ3v) is 4.66. The molecule has 0 bridgehead atoms. The fraction of sp³-hybridized carbons (Fsp3) is 0.368. The molecule has 2 N–H and O–H groups in total. The van der Waals surface area contributed by atoms with Crippen LogP contribution < -0.4 is 14.8 Å². The largest absolute Gasteiger partial charge is 0.490 e. The monoisotopic (exact) mass is 445 g/mol. The van der Waals surface area contributed by atoms with Gasteiger partial charge in [-0.1, -0.05) is 33.6 Å². The molecule has 0 fully saturated rings. The van der Waals surface area contributed by atoms with E-state index in [2.05, 4.69) is 21.2 Å². The average molecular weight is 447 g/mol. The zero-order valence-corrected chi connectivity index (χ0v) is 17.0. The van der Waals surface area contributed by atoms with Crippen molar-refractivity contribution in [3.8, 4) is 11.5 Å². The highest BCUT2D eigenvalue weighted by Crippen LogP contribution is 2.35. The molecule has 7 heteroatoms. The smallest absolute Gasteiger partial charge is 0.162 e. The minimum atomic E-state index is -0.414. The Morgan fingerprint density at radius 3 is 2.58 bits per heavy atom. The Morgan fingerprint density at radius 2 is 1.92 bits per heavy atom. The molecule has 2 aromatic rings. The molecule has 0 heterocycles. The minimum absolute atomic E-state index is 0.200. The van der Waals surface area contributed by atoms with Crippen LogP contribution in [0.2, 0.25) is 5.02 Å². The lowest BCUT2D eigenvalue weighted by molar-refractivity contribution is 0.191. The molecule has 1 unspecified atom stereocenters. The van der Waals surface area contributed by atoms with Crippen LogP contribution in [0.3, 0.4) is 0 Å². The van der Waals surface area contributed by atoms with E-state index in [1.807, 2.05) is 19.1 Å². The van der Waals surface area contributed by atoms with Gasteiger partial charge in [-0.15, -0.1) is 0 Å². The second-order valence-corrected chi connectivity index (χ2v) is 7.09. The molecule has 2 aromatic carbocycles. The van der Waals surface area contributed by atoms with E-state index in [0.717, 1.165) is 10.0 Å². The van der Waals surface area contributed by atoms with Gasteiger partial charge in [-0.25, -0.2) is 4.39 Å². The molecule has 0 radical (unpaired) electrons. The van der Waals surface area contributed by atoms with Gasteiger partial charge in [-0.2, -0.15) is 0 Å². The van der Waals surface area contributed by atoms with Gasteiger partial charge in [0.1, 0.15) is 12.4 Å². The molecule has 0 aliphatic heterocycles. The van der Waals surface area contributed by atoms with Gasteiger partial charge in [0.25, 0.3) is 0 Å². The number of hydrogen-bond acceptors (Lipinski definition) is 4. The highest BCUT2D eigenvalue weighted by atomic mass is 79.9. The maximum Gasteiger partial charge on any atom is 0.162 e. The first-order chi connectivity index (χ1) is 12.4. The van der Waals surface area contributed by atoms with Crippen molar-refractivity contribution in [2.24, 2.45) is 0 Å². The summed E-state index contributed by atoms with van der Waals surface area (Å²) in [7, 11) is 0. The second kappa shape index (κ2) is 10.1. The van der Waals surface area contributed by atoms with E-state index in [1.54, 1.807) is 13.0 Å². The highest BCUT2D eigenvalue weighted by Gasteiger charge is 2.12. The predicted molar refractivity (Wildman–Crippen MR) is 104 cm³/mol. The zero-order valence-electron chi connectivity index (χ0n) is 14.7. The SMILES string of the molecule is CCOc1cc(CNCC(C)O)c(Br)cc1OCc1ccc(F)cc1Cl. The molecule has 26 heavy (non-hydrogen) atoms. The van der Waals surface area contributed by atoms with Gasteiger partial charge in [-0.3, -0.25) is 0 Å². The second-order valence-electron chi connectivity index (χ2n) is 5.83. The lowest BCUT2D eigenvalue weighted by Gasteiger charge is -2.16. The molecule has 2 rings (SSSR count). The van der Waals surface area contributed by atoms with Crippen molar-refractivity contribution in [1.82, 2.24) is 5.32 Å². The number of benzene rings is 2. The van der Waals surface area contributed by atoms with Gasteiger partial charge in [0, 0.05) is 23.1 Å². The van der Waals surface area contributed by atoms with E-state index in [1.165, 1.54) is 12.1 Å². The molecular weight excluding hydrogens is 425 g/mol. The number of rotatable bonds is 9. The van der Waals surface area contributed by atoms with Crippen molar-refractivity contribution in [2.45, 2.75) is 33.1 Å². The number of nitrogens with one attached hydrogen (secondary N) is 1. The summed E-state index contributed by atoms with van der Waals surface area (Å²) in [5.41, 5.74) is 1.68.